The maximum absolute atomic E-state index is 6.32. The lowest BCUT2D eigenvalue weighted by Gasteiger charge is -2.16. The summed E-state index contributed by atoms with van der Waals surface area (Å²) in [5.41, 5.74) is 8.06. The molecule has 0 aliphatic carbocycles. The standard InChI is InChI=1S/C16H15Cl2NO2/c17-11-3-4-12(13(18)9-11)16(19)10-2-5-14-15(8-10)21-7-1-6-20-14/h2-5,8-9,16H,1,6-7,19H2. The van der Waals surface area contributed by atoms with Crippen LogP contribution in [-0.2, 0) is 0 Å². The summed E-state index contributed by atoms with van der Waals surface area (Å²) in [6, 6.07) is 10.7. The molecular weight excluding hydrogens is 309 g/mol. The molecule has 3 nitrogen and oxygen atoms in total. The van der Waals surface area contributed by atoms with E-state index in [0.29, 0.717) is 23.3 Å². The molecule has 0 saturated carbocycles. The summed E-state index contributed by atoms with van der Waals surface area (Å²) in [4.78, 5) is 0. The minimum absolute atomic E-state index is 0.341. The third-order valence-corrected chi connectivity index (χ3v) is 3.99. The molecule has 2 aromatic carbocycles. The molecule has 0 radical (unpaired) electrons. The summed E-state index contributed by atoms with van der Waals surface area (Å²) in [6.07, 6.45) is 0.874. The van der Waals surface area contributed by atoms with Crippen molar-refractivity contribution in [3.8, 4) is 11.5 Å². The Hall–Kier alpha value is -1.42. The van der Waals surface area contributed by atoms with E-state index in [1.165, 1.54) is 0 Å². The predicted octanol–water partition coefficient (Wildman–Crippen LogP) is 4.20. The third kappa shape index (κ3) is 3.10. The van der Waals surface area contributed by atoms with Gasteiger partial charge in [-0.15, -0.1) is 0 Å². The highest BCUT2D eigenvalue weighted by Crippen LogP contribution is 2.35. The molecule has 1 atom stereocenters. The van der Waals surface area contributed by atoms with E-state index in [9.17, 15) is 0 Å². The van der Waals surface area contributed by atoms with Gasteiger partial charge in [-0.2, -0.15) is 0 Å². The van der Waals surface area contributed by atoms with Gasteiger partial charge in [-0.05, 0) is 35.4 Å². The van der Waals surface area contributed by atoms with E-state index >= 15 is 0 Å². The number of rotatable bonds is 2. The van der Waals surface area contributed by atoms with Crippen LogP contribution < -0.4 is 15.2 Å². The van der Waals surface area contributed by atoms with E-state index in [4.69, 9.17) is 38.4 Å². The minimum atomic E-state index is -0.341. The van der Waals surface area contributed by atoms with Crippen LogP contribution >= 0.6 is 23.2 Å². The number of nitrogens with two attached hydrogens (primary N) is 1. The van der Waals surface area contributed by atoms with Crippen LogP contribution in [0.3, 0.4) is 0 Å². The molecule has 0 bridgehead atoms. The second kappa shape index (κ2) is 6.14. The number of halogens is 2. The molecule has 2 aromatic rings. The van der Waals surface area contributed by atoms with Gasteiger partial charge in [-0.1, -0.05) is 35.3 Å². The van der Waals surface area contributed by atoms with E-state index in [1.807, 2.05) is 24.3 Å². The molecule has 21 heavy (non-hydrogen) atoms. The summed E-state index contributed by atoms with van der Waals surface area (Å²) >= 11 is 12.1. The Bertz CT molecular complexity index is 661. The van der Waals surface area contributed by atoms with Crippen LogP contribution in [-0.4, -0.2) is 13.2 Å². The fraction of sp³-hybridized carbons (Fsp3) is 0.250. The highest BCUT2D eigenvalue weighted by atomic mass is 35.5. The molecule has 3 rings (SSSR count). The van der Waals surface area contributed by atoms with Gasteiger partial charge in [0.25, 0.3) is 0 Å². The summed E-state index contributed by atoms with van der Waals surface area (Å²) in [7, 11) is 0. The van der Waals surface area contributed by atoms with Gasteiger partial charge in [0, 0.05) is 16.5 Å². The highest BCUT2D eigenvalue weighted by molar-refractivity contribution is 6.35. The number of fused-ring (bicyclic) bond motifs is 1. The van der Waals surface area contributed by atoms with Crippen molar-refractivity contribution in [2.24, 2.45) is 5.73 Å². The molecule has 2 N–H and O–H groups in total. The van der Waals surface area contributed by atoms with Crippen LogP contribution in [0.15, 0.2) is 36.4 Å². The van der Waals surface area contributed by atoms with Crippen LogP contribution in [0.1, 0.15) is 23.6 Å². The third-order valence-electron chi connectivity index (χ3n) is 3.43. The molecule has 1 unspecified atom stereocenters. The van der Waals surface area contributed by atoms with Crippen molar-refractivity contribution in [1.82, 2.24) is 0 Å². The lowest BCUT2D eigenvalue weighted by molar-refractivity contribution is 0.297. The molecule has 1 aliphatic rings. The summed E-state index contributed by atoms with van der Waals surface area (Å²) in [6.45, 7) is 1.31. The monoisotopic (exact) mass is 323 g/mol. The molecule has 1 aliphatic heterocycles. The van der Waals surface area contributed by atoms with Gasteiger partial charge in [-0.25, -0.2) is 0 Å². The van der Waals surface area contributed by atoms with Crippen LogP contribution in [0.25, 0.3) is 0 Å². The Kier molecular flexibility index (Phi) is 4.24. The quantitative estimate of drug-likeness (QED) is 0.900. The maximum atomic E-state index is 6.32. The minimum Gasteiger partial charge on any atom is -0.490 e. The predicted molar refractivity (Wildman–Crippen MR) is 84.5 cm³/mol. The first-order valence-corrected chi connectivity index (χ1v) is 7.51. The van der Waals surface area contributed by atoms with Crippen molar-refractivity contribution in [3.05, 3.63) is 57.6 Å². The van der Waals surface area contributed by atoms with Crippen molar-refractivity contribution in [1.29, 1.82) is 0 Å². The maximum Gasteiger partial charge on any atom is 0.161 e. The summed E-state index contributed by atoms with van der Waals surface area (Å²) in [5.74, 6) is 1.48. The second-order valence-corrected chi connectivity index (χ2v) is 5.74. The van der Waals surface area contributed by atoms with Crippen LogP contribution in [0.5, 0.6) is 11.5 Å². The second-order valence-electron chi connectivity index (χ2n) is 4.90. The smallest absolute Gasteiger partial charge is 0.161 e. The molecule has 110 valence electrons. The van der Waals surface area contributed by atoms with E-state index in [1.54, 1.807) is 12.1 Å². The first-order chi connectivity index (χ1) is 10.1. The largest absolute Gasteiger partial charge is 0.490 e. The molecule has 0 amide bonds. The molecule has 0 aromatic heterocycles. The van der Waals surface area contributed by atoms with Gasteiger partial charge >= 0.3 is 0 Å². The molecule has 0 spiro atoms. The lowest BCUT2D eigenvalue weighted by Crippen LogP contribution is -2.12. The van der Waals surface area contributed by atoms with Crippen LogP contribution in [0.4, 0.5) is 0 Å². The van der Waals surface area contributed by atoms with Crippen molar-refractivity contribution >= 4 is 23.2 Å². The number of ether oxygens (including phenoxy) is 2. The number of hydrogen-bond donors (Lipinski definition) is 1. The van der Waals surface area contributed by atoms with Gasteiger partial charge in [0.15, 0.2) is 11.5 Å². The van der Waals surface area contributed by atoms with Crippen LogP contribution in [0.2, 0.25) is 10.0 Å². The van der Waals surface area contributed by atoms with E-state index in [2.05, 4.69) is 0 Å². The van der Waals surface area contributed by atoms with Crippen molar-refractivity contribution < 1.29 is 9.47 Å². The molecule has 1 heterocycles. The SMILES string of the molecule is NC(c1ccc2c(c1)OCCCO2)c1ccc(Cl)cc1Cl. The zero-order valence-corrected chi connectivity index (χ0v) is 12.8. The Morgan fingerprint density at radius 3 is 2.48 bits per heavy atom. The average molecular weight is 324 g/mol. The molecule has 0 saturated heterocycles. The van der Waals surface area contributed by atoms with Gasteiger partial charge in [0.05, 0.1) is 19.3 Å². The molecular formula is C16H15Cl2NO2. The highest BCUT2D eigenvalue weighted by Gasteiger charge is 2.17. The Balaban J connectivity index is 1.94. The van der Waals surface area contributed by atoms with Crippen molar-refractivity contribution in [3.63, 3.8) is 0 Å². The first kappa shape index (κ1) is 14.5. The fourth-order valence-electron chi connectivity index (χ4n) is 2.31. The number of hydrogen-bond acceptors (Lipinski definition) is 3. The van der Waals surface area contributed by atoms with Gasteiger partial charge in [0.1, 0.15) is 0 Å². The van der Waals surface area contributed by atoms with Gasteiger partial charge in [0.2, 0.25) is 0 Å². The van der Waals surface area contributed by atoms with E-state index in [-0.39, 0.29) is 6.04 Å². The Labute approximate surface area is 133 Å². The Morgan fingerprint density at radius 1 is 0.952 bits per heavy atom. The topological polar surface area (TPSA) is 44.5 Å². The first-order valence-electron chi connectivity index (χ1n) is 6.75. The normalized spacial score (nSPS) is 15.4. The van der Waals surface area contributed by atoms with Crippen LogP contribution in [0, 0.1) is 0 Å². The van der Waals surface area contributed by atoms with Gasteiger partial charge < -0.3 is 15.2 Å². The van der Waals surface area contributed by atoms with Gasteiger partial charge in [-0.3, -0.25) is 0 Å². The lowest BCUT2D eigenvalue weighted by atomic mass is 9.99. The number of benzene rings is 2. The molecule has 5 heteroatoms. The van der Waals surface area contributed by atoms with Crippen molar-refractivity contribution in [2.75, 3.05) is 13.2 Å². The van der Waals surface area contributed by atoms with Crippen molar-refractivity contribution in [2.45, 2.75) is 12.5 Å². The fourth-order valence-corrected chi connectivity index (χ4v) is 2.83. The van der Waals surface area contributed by atoms with E-state index in [0.717, 1.165) is 29.0 Å². The summed E-state index contributed by atoms with van der Waals surface area (Å²) in [5, 5.41) is 1.15. The molecule has 0 fully saturated rings. The zero-order chi connectivity index (χ0) is 14.8. The summed E-state index contributed by atoms with van der Waals surface area (Å²) < 4.78 is 11.3. The van der Waals surface area contributed by atoms with E-state index < -0.39 is 0 Å². The average Bonchev–Trinajstić information content (AvgIpc) is 2.71. The zero-order valence-electron chi connectivity index (χ0n) is 11.3. The Morgan fingerprint density at radius 2 is 1.71 bits per heavy atom.